The lowest BCUT2D eigenvalue weighted by molar-refractivity contribution is -0.138. The monoisotopic (exact) mass is 738 g/mol. The number of nitrogens with one attached hydrogen (secondary N) is 2. The molecule has 3 aromatic rings. The minimum absolute atomic E-state index is 0.0360. The Hall–Kier alpha value is -4.07. The Morgan fingerprint density at radius 1 is 0.904 bits per heavy atom. The average Bonchev–Trinajstić information content (AvgIpc) is 3.72. The number of unbranched alkanes of at least 4 members (excludes halogenated alkanes) is 2. The molecule has 12 nitrogen and oxygen atoms in total. The van der Waals surface area contributed by atoms with Crippen molar-refractivity contribution in [1.29, 1.82) is 0 Å². The Kier molecular flexibility index (Phi) is 16.8. The third-order valence-corrected chi connectivity index (χ3v) is 10.4. The molecule has 0 saturated heterocycles. The fraction of sp³-hybridized carbons (Fsp3) is 0.564. The van der Waals surface area contributed by atoms with Gasteiger partial charge >= 0.3 is 5.97 Å². The van der Waals surface area contributed by atoms with Crippen LogP contribution in [0.25, 0.3) is 10.2 Å². The van der Waals surface area contributed by atoms with Gasteiger partial charge in [-0.2, -0.15) is 0 Å². The normalized spacial score (nSPS) is 15.7. The Bertz CT molecular complexity index is 1630. The van der Waals surface area contributed by atoms with E-state index in [1.54, 1.807) is 16.2 Å². The van der Waals surface area contributed by atoms with Gasteiger partial charge < -0.3 is 34.7 Å². The van der Waals surface area contributed by atoms with Crippen LogP contribution in [-0.4, -0.2) is 85.2 Å². The van der Waals surface area contributed by atoms with E-state index in [0.717, 1.165) is 66.4 Å². The number of anilines is 1. The van der Waals surface area contributed by atoms with Gasteiger partial charge in [-0.3, -0.25) is 24.0 Å². The molecule has 1 saturated carbocycles. The standard InChI is InChI=1S/C39H54N4O8S/c1-3-42(31-9-7-8-28(2)24-31)37(46)27-43-32-16-23-52-35(32)26-33(43)34(44)25-29-11-13-30(14-12-29)39(49)41-17-6-4-5-10-36(45)40-18-20-51-22-21-50-19-15-38(47)48/h7-9,16,23-24,26,29-30H,3-6,10-15,17-22,25,27H2,1-2H3,(H,40,45)(H,41,49)(H,47,48). The zero-order chi connectivity index (χ0) is 37.3. The number of carbonyl (C=O) groups is 5. The van der Waals surface area contributed by atoms with E-state index in [9.17, 15) is 24.0 Å². The van der Waals surface area contributed by atoms with E-state index in [1.807, 2.05) is 60.2 Å². The van der Waals surface area contributed by atoms with Crippen LogP contribution in [0.2, 0.25) is 0 Å². The lowest BCUT2D eigenvalue weighted by Crippen LogP contribution is -2.35. The summed E-state index contributed by atoms with van der Waals surface area (Å²) < 4.78 is 13.4. The van der Waals surface area contributed by atoms with Crippen LogP contribution in [0, 0.1) is 18.8 Å². The number of hydrogen-bond donors (Lipinski definition) is 3. The highest BCUT2D eigenvalue weighted by molar-refractivity contribution is 7.17. The largest absolute Gasteiger partial charge is 0.481 e. The number of nitrogens with zero attached hydrogens (tertiary/aromatic N) is 2. The molecule has 13 heteroatoms. The number of carboxylic acids is 1. The number of carbonyl (C=O) groups excluding carboxylic acids is 4. The van der Waals surface area contributed by atoms with Crippen molar-refractivity contribution in [2.45, 2.75) is 84.6 Å². The molecule has 1 aliphatic rings. The Labute approximate surface area is 310 Å². The molecule has 3 N–H and O–H groups in total. The van der Waals surface area contributed by atoms with Crippen molar-refractivity contribution >= 4 is 56.7 Å². The van der Waals surface area contributed by atoms with Crippen molar-refractivity contribution < 1.29 is 38.6 Å². The van der Waals surface area contributed by atoms with E-state index in [0.29, 0.717) is 58.0 Å². The topological polar surface area (TPSA) is 156 Å². The van der Waals surface area contributed by atoms with Gasteiger partial charge in [-0.1, -0.05) is 18.6 Å². The van der Waals surface area contributed by atoms with Gasteiger partial charge in [-0.15, -0.1) is 11.3 Å². The molecular formula is C39H54N4O8S. The van der Waals surface area contributed by atoms with Gasteiger partial charge in [0.25, 0.3) is 0 Å². The fourth-order valence-electron chi connectivity index (χ4n) is 6.67. The summed E-state index contributed by atoms with van der Waals surface area (Å²) in [6.45, 7) is 6.74. The zero-order valence-corrected chi connectivity index (χ0v) is 31.3. The van der Waals surface area contributed by atoms with Crippen molar-refractivity contribution in [3.05, 3.63) is 53.0 Å². The van der Waals surface area contributed by atoms with E-state index >= 15 is 0 Å². The quantitative estimate of drug-likeness (QED) is 0.0822. The third-order valence-electron chi connectivity index (χ3n) is 9.50. The molecule has 2 aromatic heterocycles. The van der Waals surface area contributed by atoms with Gasteiger partial charge in [0.15, 0.2) is 5.78 Å². The van der Waals surface area contributed by atoms with Crippen LogP contribution in [0.15, 0.2) is 41.8 Å². The number of likely N-dealkylation sites (N-methyl/N-ethyl adjacent to an activating group) is 1. The number of fused-ring (bicyclic) bond motifs is 1. The maximum absolute atomic E-state index is 13.7. The van der Waals surface area contributed by atoms with Gasteiger partial charge in [-0.05, 0) is 93.5 Å². The second kappa shape index (κ2) is 21.5. The summed E-state index contributed by atoms with van der Waals surface area (Å²) >= 11 is 1.57. The van der Waals surface area contributed by atoms with Gasteiger partial charge in [0.05, 0.1) is 48.8 Å². The number of benzene rings is 1. The molecule has 0 radical (unpaired) electrons. The number of aryl methyl sites for hydroxylation is 1. The molecule has 0 spiro atoms. The first-order valence-corrected chi connectivity index (χ1v) is 19.4. The summed E-state index contributed by atoms with van der Waals surface area (Å²) in [6, 6.07) is 11.8. The Morgan fingerprint density at radius 3 is 2.40 bits per heavy atom. The molecule has 1 fully saturated rings. The molecule has 0 unspecified atom stereocenters. The number of ketones is 1. The minimum Gasteiger partial charge on any atom is -0.481 e. The van der Waals surface area contributed by atoms with Crippen LogP contribution < -0.4 is 15.5 Å². The fourth-order valence-corrected chi connectivity index (χ4v) is 7.49. The number of rotatable bonds is 23. The Morgan fingerprint density at radius 2 is 1.67 bits per heavy atom. The van der Waals surface area contributed by atoms with Gasteiger partial charge in [0.1, 0.15) is 6.54 Å². The number of carboxylic acid groups (broad SMARTS) is 1. The number of Topliss-reactive ketones (excluding diaryl/α,β-unsaturated/α-hetero) is 1. The number of aliphatic carboxylic acids is 1. The summed E-state index contributed by atoms with van der Waals surface area (Å²) in [7, 11) is 0. The van der Waals surface area contributed by atoms with Crippen LogP contribution in [0.1, 0.15) is 87.2 Å². The highest BCUT2D eigenvalue weighted by atomic mass is 32.1. The third kappa shape index (κ3) is 12.9. The molecule has 3 amide bonds. The summed E-state index contributed by atoms with van der Waals surface area (Å²) in [5, 5.41) is 16.4. The highest BCUT2D eigenvalue weighted by Crippen LogP contribution is 2.33. The van der Waals surface area contributed by atoms with E-state index in [4.69, 9.17) is 14.6 Å². The predicted octanol–water partition coefficient (Wildman–Crippen LogP) is 5.74. The maximum Gasteiger partial charge on any atom is 0.305 e. The Balaban J connectivity index is 1.10. The van der Waals surface area contributed by atoms with Crippen LogP contribution in [0.4, 0.5) is 5.69 Å². The molecule has 0 aliphatic heterocycles. The molecule has 284 valence electrons. The number of ether oxygens (including phenoxy) is 2. The van der Waals surface area contributed by atoms with E-state index < -0.39 is 5.97 Å². The second-order valence-corrected chi connectivity index (χ2v) is 14.4. The number of amides is 3. The molecule has 52 heavy (non-hydrogen) atoms. The SMILES string of the molecule is CCN(C(=O)Cn1c(C(=O)CC2CCC(C(=O)NCCCCCC(=O)NCCOCCOCCC(=O)O)CC2)cc2sccc21)c1cccc(C)c1. The highest BCUT2D eigenvalue weighted by Gasteiger charge is 2.29. The van der Waals surface area contributed by atoms with Gasteiger partial charge in [0, 0.05) is 44.1 Å². The second-order valence-electron chi connectivity index (χ2n) is 13.4. The van der Waals surface area contributed by atoms with Crippen molar-refractivity contribution in [3.8, 4) is 0 Å². The van der Waals surface area contributed by atoms with E-state index in [1.165, 1.54) is 0 Å². The molecule has 4 rings (SSSR count). The van der Waals surface area contributed by atoms with Crippen molar-refractivity contribution in [2.24, 2.45) is 11.8 Å². The van der Waals surface area contributed by atoms with E-state index in [-0.39, 0.29) is 54.9 Å². The number of hydrogen-bond acceptors (Lipinski definition) is 8. The summed E-state index contributed by atoms with van der Waals surface area (Å²) in [5.41, 5.74) is 3.42. The summed E-state index contributed by atoms with van der Waals surface area (Å²) in [5.74, 6) is -0.735. The summed E-state index contributed by atoms with van der Waals surface area (Å²) in [6.07, 6.45) is 6.28. The van der Waals surface area contributed by atoms with Crippen molar-refractivity contribution in [2.75, 3.05) is 51.0 Å². The maximum atomic E-state index is 13.7. The molecule has 1 aliphatic carbocycles. The molecular weight excluding hydrogens is 685 g/mol. The molecule has 2 heterocycles. The zero-order valence-electron chi connectivity index (χ0n) is 30.5. The molecule has 1 aromatic carbocycles. The van der Waals surface area contributed by atoms with Crippen molar-refractivity contribution in [3.63, 3.8) is 0 Å². The van der Waals surface area contributed by atoms with E-state index in [2.05, 4.69) is 10.6 Å². The van der Waals surface area contributed by atoms with Crippen LogP contribution in [-0.2, 0) is 35.2 Å². The first-order valence-electron chi connectivity index (χ1n) is 18.5. The van der Waals surface area contributed by atoms with Crippen LogP contribution in [0.3, 0.4) is 0 Å². The average molecular weight is 739 g/mol. The smallest absolute Gasteiger partial charge is 0.305 e. The number of thiophene rings is 1. The van der Waals surface area contributed by atoms with Crippen LogP contribution in [0.5, 0.6) is 0 Å². The van der Waals surface area contributed by atoms with Crippen molar-refractivity contribution in [1.82, 2.24) is 15.2 Å². The van der Waals surface area contributed by atoms with Gasteiger partial charge in [0.2, 0.25) is 17.7 Å². The van der Waals surface area contributed by atoms with Gasteiger partial charge in [-0.25, -0.2) is 0 Å². The molecule has 0 bridgehead atoms. The number of aromatic nitrogens is 1. The first kappa shape index (κ1) is 40.7. The predicted molar refractivity (Wildman–Crippen MR) is 202 cm³/mol. The summed E-state index contributed by atoms with van der Waals surface area (Å²) in [4.78, 5) is 64.3. The molecule has 0 atom stereocenters. The lowest BCUT2D eigenvalue weighted by Gasteiger charge is -2.27. The minimum atomic E-state index is -0.900. The first-order chi connectivity index (χ1) is 25.2. The lowest BCUT2D eigenvalue weighted by atomic mass is 9.79. The van der Waals surface area contributed by atoms with Crippen LogP contribution >= 0.6 is 11.3 Å².